The molecule has 0 rings (SSSR count). The van der Waals surface area contributed by atoms with E-state index in [0.717, 1.165) is 0 Å². The molecule has 0 fully saturated rings. The second-order valence-corrected chi connectivity index (χ2v) is 11.0. The molecule has 1 unspecified atom stereocenters. The van der Waals surface area contributed by atoms with E-state index in [0.29, 0.717) is 11.5 Å². The van der Waals surface area contributed by atoms with Crippen molar-refractivity contribution in [2.24, 2.45) is 0 Å². The molecule has 4 N–H and O–H groups in total. The maximum Gasteiger partial charge on any atom is 0.408 e. The zero-order chi connectivity index (χ0) is 23.5. The number of hydrogen-bond acceptors (Lipinski definition) is 8. The number of hydrogen-bond donors (Lipinski definition) is 4. The third-order valence-electron chi connectivity index (χ3n) is 3.04. The molecule has 0 heterocycles. The van der Waals surface area contributed by atoms with Crippen LogP contribution in [0.1, 0.15) is 54.4 Å². The molecule has 0 aromatic carbocycles. The normalized spacial score (nSPS) is 13.7. The minimum absolute atomic E-state index is 0.171. The number of amides is 2. The number of alkyl carbamates (subject to hydrolysis) is 2. The van der Waals surface area contributed by atoms with Crippen LogP contribution >= 0.6 is 21.6 Å². The second kappa shape index (κ2) is 12.8. The van der Waals surface area contributed by atoms with Crippen molar-refractivity contribution in [2.45, 2.75) is 77.7 Å². The molecule has 2 atom stereocenters. The topological polar surface area (TPSA) is 151 Å². The monoisotopic (exact) mass is 468 g/mol. The number of rotatable bonds is 11. The molecule has 0 radical (unpaired) electrons. The zero-order valence-corrected chi connectivity index (χ0v) is 19.8. The SMILES string of the molecule is CC(C)(C)OC(=O)NC(CCSSCC[C@@H](NC(=O)OC(C)(C)C)C(=O)O)C(=O)O. The molecule has 0 aliphatic heterocycles. The molecule has 174 valence electrons. The molecule has 0 bridgehead atoms. The van der Waals surface area contributed by atoms with E-state index in [-0.39, 0.29) is 12.8 Å². The Labute approximate surface area is 184 Å². The summed E-state index contributed by atoms with van der Waals surface area (Å²) in [6.45, 7) is 10.1. The summed E-state index contributed by atoms with van der Waals surface area (Å²) in [7, 11) is 2.69. The fraction of sp³-hybridized carbons (Fsp3) is 0.778. The van der Waals surface area contributed by atoms with E-state index in [2.05, 4.69) is 10.6 Å². The lowest BCUT2D eigenvalue weighted by atomic mass is 10.2. The highest BCUT2D eigenvalue weighted by Crippen LogP contribution is 2.24. The fourth-order valence-corrected chi connectivity index (χ4v) is 4.05. The predicted octanol–water partition coefficient (Wildman–Crippen LogP) is 3.10. The van der Waals surface area contributed by atoms with Crippen molar-refractivity contribution >= 4 is 45.7 Å². The van der Waals surface area contributed by atoms with Gasteiger partial charge >= 0.3 is 24.1 Å². The summed E-state index contributed by atoms with van der Waals surface area (Å²) in [4.78, 5) is 46.0. The first-order valence-electron chi connectivity index (χ1n) is 9.30. The minimum Gasteiger partial charge on any atom is -0.480 e. The number of ether oxygens (including phenoxy) is 2. The number of carbonyl (C=O) groups is 4. The third kappa shape index (κ3) is 15.1. The molecule has 0 aromatic heterocycles. The molecule has 12 heteroatoms. The van der Waals surface area contributed by atoms with Gasteiger partial charge < -0.3 is 30.3 Å². The van der Waals surface area contributed by atoms with Gasteiger partial charge in [-0.05, 0) is 54.4 Å². The van der Waals surface area contributed by atoms with Crippen LogP contribution in [0.15, 0.2) is 0 Å². The van der Waals surface area contributed by atoms with E-state index in [9.17, 15) is 29.4 Å². The molecule has 0 aromatic rings. The number of nitrogens with one attached hydrogen (secondary N) is 2. The summed E-state index contributed by atoms with van der Waals surface area (Å²) in [5, 5.41) is 23.1. The van der Waals surface area contributed by atoms with Gasteiger partial charge in [0.05, 0.1) is 0 Å². The van der Waals surface area contributed by atoms with Crippen LogP contribution in [-0.2, 0) is 19.1 Å². The van der Waals surface area contributed by atoms with Crippen LogP contribution in [0.5, 0.6) is 0 Å². The van der Waals surface area contributed by atoms with Gasteiger partial charge in [0, 0.05) is 11.5 Å². The number of carboxylic acid groups (broad SMARTS) is 2. The van der Waals surface area contributed by atoms with Gasteiger partial charge in [-0.15, -0.1) is 0 Å². The number of aliphatic carboxylic acids is 2. The quantitative estimate of drug-likeness (QED) is 0.263. The molecule has 0 aliphatic carbocycles. The molecule has 0 saturated heterocycles. The predicted molar refractivity (Wildman–Crippen MR) is 116 cm³/mol. The van der Waals surface area contributed by atoms with Crippen LogP contribution in [0.25, 0.3) is 0 Å². The molecular formula is C18H32N2O8S2. The first-order valence-corrected chi connectivity index (χ1v) is 11.8. The smallest absolute Gasteiger partial charge is 0.408 e. The van der Waals surface area contributed by atoms with Crippen molar-refractivity contribution in [1.82, 2.24) is 10.6 Å². The molecule has 0 spiro atoms. The largest absolute Gasteiger partial charge is 0.480 e. The van der Waals surface area contributed by atoms with Crippen molar-refractivity contribution in [3.63, 3.8) is 0 Å². The lowest BCUT2D eigenvalue weighted by molar-refractivity contribution is -0.140. The first kappa shape index (κ1) is 28.2. The summed E-state index contributed by atoms with van der Waals surface area (Å²) in [5.74, 6) is -1.51. The Kier molecular flexibility index (Phi) is 12.0. The Balaban J connectivity index is 4.28. The van der Waals surface area contributed by atoms with Crippen LogP contribution < -0.4 is 10.6 Å². The van der Waals surface area contributed by atoms with E-state index >= 15 is 0 Å². The number of carbonyl (C=O) groups excluding carboxylic acids is 2. The molecule has 0 aliphatic rings. The van der Waals surface area contributed by atoms with Crippen molar-refractivity contribution in [2.75, 3.05) is 11.5 Å². The molecule has 0 saturated carbocycles. The van der Waals surface area contributed by atoms with E-state index in [4.69, 9.17) is 9.47 Å². The van der Waals surface area contributed by atoms with Crippen molar-refractivity contribution in [1.29, 1.82) is 0 Å². The average molecular weight is 469 g/mol. The van der Waals surface area contributed by atoms with Crippen LogP contribution in [0.3, 0.4) is 0 Å². The lowest BCUT2D eigenvalue weighted by Gasteiger charge is -2.22. The van der Waals surface area contributed by atoms with Gasteiger partial charge in [0.2, 0.25) is 0 Å². The van der Waals surface area contributed by atoms with Crippen LogP contribution in [0.4, 0.5) is 9.59 Å². The zero-order valence-electron chi connectivity index (χ0n) is 18.1. The van der Waals surface area contributed by atoms with Gasteiger partial charge in [0.1, 0.15) is 23.3 Å². The van der Waals surface area contributed by atoms with Crippen molar-refractivity contribution in [3.05, 3.63) is 0 Å². The van der Waals surface area contributed by atoms with Crippen molar-refractivity contribution in [3.8, 4) is 0 Å². The highest BCUT2D eigenvalue weighted by molar-refractivity contribution is 8.76. The van der Waals surface area contributed by atoms with E-state index in [1.807, 2.05) is 0 Å². The highest BCUT2D eigenvalue weighted by Gasteiger charge is 2.25. The van der Waals surface area contributed by atoms with Gasteiger partial charge in [0.25, 0.3) is 0 Å². The molecule has 10 nitrogen and oxygen atoms in total. The van der Waals surface area contributed by atoms with Gasteiger partial charge in [-0.25, -0.2) is 19.2 Å². The van der Waals surface area contributed by atoms with Crippen LogP contribution in [0, 0.1) is 0 Å². The minimum atomic E-state index is -1.17. The summed E-state index contributed by atoms with van der Waals surface area (Å²) < 4.78 is 10.1. The fourth-order valence-electron chi connectivity index (χ4n) is 1.86. The Morgan fingerprint density at radius 2 is 1.03 bits per heavy atom. The van der Waals surface area contributed by atoms with E-state index in [1.54, 1.807) is 41.5 Å². The Hall–Kier alpha value is -1.82. The third-order valence-corrected chi connectivity index (χ3v) is 5.51. The Morgan fingerprint density at radius 3 is 1.27 bits per heavy atom. The molecule has 2 amide bonds. The average Bonchev–Trinajstić information content (AvgIpc) is 2.51. The maximum atomic E-state index is 11.7. The Morgan fingerprint density at radius 1 is 0.733 bits per heavy atom. The van der Waals surface area contributed by atoms with Gasteiger partial charge in [0.15, 0.2) is 0 Å². The van der Waals surface area contributed by atoms with Crippen LogP contribution in [0.2, 0.25) is 0 Å². The second-order valence-electron chi connectivity index (χ2n) is 8.30. The van der Waals surface area contributed by atoms with E-state index < -0.39 is 47.4 Å². The summed E-state index contributed by atoms with van der Waals surface area (Å²) in [6.07, 6.45) is -1.26. The maximum absolute atomic E-state index is 11.7. The summed E-state index contributed by atoms with van der Waals surface area (Å²) >= 11 is 0. The summed E-state index contributed by atoms with van der Waals surface area (Å²) in [5.41, 5.74) is -1.46. The van der Waals surface area contributed by atoms with E-state index in [1.165, 1.54) is 21.6 Å². The Bertz CT molecular complexity index is 550. The standard InChI is InChI=1S/C18H32N2O8S2/c1-17(2,3)27-15(25)19-11(13(21)22)7-9-29-30-10-8-12(14(23)24)20-16(26)28-18(4,5)6/h11-12H,7-10H2,1-6H3,(H,19,25)(H,20,26)(H,21,22)(H,23,24)/t11-,12?/m1/s1. The number of carboxylic acids is 2. The highest BCUT2D eigenvalue weighted by atomic mass is 33.1. The lowest BCUT2D eigenvalue weighted by Crippen LogP contribution is -2.43. The van der Waals surface area contributed by atoms with Gasteiger partial charge in [-0.3, -0.25) is 0 Å². The first-order chi connectivity index (χ1) is 13.6. The van der Waals surface area contributed by atoms with Gasteiger partial charge in [-0.2, -0.15) is 0 Å². The van der Waals surface area contributed by atoms with Gasteiger partial charge in [-0.1, -0.05) is 21.6 Å². The summed E-state index contributed by atoms with van der Waals surface area (Å²) in [6, 6.07) is -2.18. The molecular weight excluding hydrogens is 436 g/mol. The van der Waals surface area contributed by atoms with Crippen molar-refractivity contribution < 1.29 is 38.9 Å². The van der Waals surface area contributed by atoms with Crippen LogP contribution in [-0.4, -0.2) is 69.1 Å². The molecule has 30 heavy (non-hydrogen) atoms.